The van der Waals surface area contributed by atoms with Crippen LogP contribution in [0.15, 0.2) is 30.9 Å². The predicted molar refractivity (Wildman–Crippen MR) is 95.0 cm³/mol. The molecule has 0 N–H and O–H groups in total. The van der Waals surface area contributed by atoms with Crippen molar-refractivity contribution in [3.05, 3.63) is 53.1 Å². The van der Waals surface area contributed by atoms with Gasteiger partial charge in [-0.25, -0.2) is 4.98 Å². The van der Waals surface area contributed by atoms with Gasteiger partial charge in [-0.15, -0.1) is 0 Å². The summed E-state index contributed by atoms with van der Waals surface area (Å²) in [5, 5.41) is 0. The summed E-state index contributed by atoms with van der Waals surface area (Å²) in [6.07, 6.45) is 6.63. The molecule has 1 aromatic carbocycles. The zero-order valence-corrected chi connectivity index (χ0v) is 14.8. The molecule has 5 nitrogen and oxygen atoms in total. The number of likely N-dealkylation sites (N-methyl/N-ethyl adjacent to an activating group) is 1. The van der Waals surface area contributed by atoms with Gasteiger partial charge in [-0.1, -0.05) is 6.07 Å². The predicted octanol–water partition coefficient (Wildman–Crippen LogP) is 2.48. The lowest BCUT2D eigenvalue weighted by Gasteiger charge is -2.20. The van der Waals surface area contributed by atoms with Gasteiger partial charge in [-0.2, -0.15) is 0 Å². The fourth-order valence-electron chi connectivity index (χ4n) is 3.18. The van der Waals surface area contributed by atoms with Crippen LogP contribution in [-0.2, 0) is 13.1 Å². The Morgan fingerprint density at radius 1 is 1.17 bits per heavy atom. The molecule has 0 radical (unpaired) electrons. The smallest absolute Gasteiger partial charge is 0.254 e. The van der Waals surface area contributed by atoms with Crippen molar-refractivity contribution in [3.63, 3.8) is 0 Å². The number of carbonyl (C=O) groups excluding carboxylic acids is 1. The fourth-order valence-corrected chi connectivity index (χ4v) is 3.18. The van der Waals surface area contributed by atoms with Gasteiger partial charge in [0.05, 0.1) is 6.33 Å². The first-order valence-corrected chi connectivity index (χ1v) is 8.58. The highest BCUT2D eigenvalue weighted by atomic mass is 16.2. The molecule has 0 aliphatic carbocycles. The Labute approximate surface area is 143 Å². The first kappa shape index (κ1) is 16.7. The first-order chi connectivity index (χ1) is 11.5. The minimum atomic E-state index is 0.189. The van der Waals surface area contributed by atoms with Gasteiger partial charge in [0.2, 0.25) is 0 Å². The molecular formula is C19H26N4O. The summed E-state index contributed by atoms with van der Waals surface area (Å²) in [6, 6.07) is 4.21. The molecule has 128 valence electrons. The Balaban J connectivity index is 1.45. The van der Waals surface area contributed by atoms with Crippen LogP contribution in [0.25, 0.3) is 0 Å². The molecule has 3 rings (SSSR count). The summed E-state index contributed by atoms with van der Waals surface area (Å²) >= 11 is 0. The number of hydrogen-bond acceptors (Lipinski definition) is 3. The van der Waals surface area contributed by atoms with Gasteiger partial charge in [0.1, 0.15) is 0 Å². The van der Waals surface area contributed by atoms with Crippen LogP contribution in [0.4, 0.5) is 0 Å². The van der Waals surface area contributed by atoms with Gasteiger partial charge in [0, 0.05) is 44.1 Å². The standard InChI is InChI=1S/C19H26N4O/c1-15-11-17-13-23(19(24)18(17)12-16(15)2)7-4-6-21(3)9-10-22-8-5-20-14-22/h5,8,11-12,14H,4,6-7,9-10,13H2,1-3H3. The van der Waals surface area contributed by atoms with E-state index in [9.17, 15) is 4.79 Å². The summed E-state index contributed by atoms with van der Waals surface area (Å²) in [6.45, 7) is 8.69. The molecule has 24 heavy (non-hydrogen) atoms. The van der Waals surface area contributed by atoms with Crippen LogP contribution in [0.3, 0.4) is 0 Å². The van der Waals surface area contributed by atoms with E-state index in [1.807, 2.05) is 23.5 Å². The molecule has 0 unspecified atom stereocenters. The average Bonchev–Trinajstić information content (AvgIpc) is 3.16. The third-order valence-electron chi connectivity index (χ3n) is 4.87. The van der Waals surface area contributed by atoms with Gasteiger partial charge in [0.15, 0.2) is 0 Å². The molecule has 0 spiro atoms. The van der Waals surface area contributed by atoms with E-state index in [1.54, 1.807) is 6.20 Å². The SMILES string of the molecule is Cc1cc2c(cc1C)C(=O)N(CCCN(C)CCn1ccnc1)C2. The van der Waals surface area contributed by atoms with Crippen LogP contribution >= 0.6 is 0 Å². The lowest BCUT2D eigenvalue weighted by Crippen LogP contribution is -2.30. The van der Waals surface area contributed by atoms with E-state index in [1.165, 1.54) is 16.7 Å². The second kappa shape index (κ2) is 7.18. The maximum Gasteiger partial charge on any atom is 0.254 e. The Morgan fingerprint density at radius 2 is 1.96 bits per heavy atom. The zero-order valence-electron chi connectivity index (χ0n) is 14.8. The summed E-state index contributed by atoms with van der Waals surface area (Å²) in [4.78, 5) is 20.9. The third-order valence-corrected chi connectivity index (χ3v) is 4.87. The van der Waals surface area contributed by atoms with Crippen LogP contribution in [0.2, 0.25) is 0 Å². The second-order valence-electron chi connectivity index (χ2n) is 6.78. The molecular weight excluding hydrogens is 300 g/mol. The minimum Gasteiger partial charge on any atom is -0.336 e. The Hall–Kier alpha value is -2.14. The number of hydrogen-bond donors (Lipinski definition) is 0. The lowest BCUT2D eigenvalue weighted by atomic mass is 10.0. The Bertz CT molecular complexity index is 708. The normalized spacial score (nSPS) is 13.8. The molecule has 1 aliphatic heterocycles. The van der Waals surface area contributed by atoms with Crippen molar-refractivity contribution in [1.29, 1.82) is 0 Å². The van der Waals surface area contributed by atoms with Gasteiger partial charge in [0.25, 0.3) is 5.91 Å². The average molecular weight is 326 g/mol. The van der Waals surface area contributed by atoms with Crippen molar-refractivity contribution in [3.8, 4) is 0 Å². The molecule has 1 aliphatic rings. The third kappa shape index (κ3) is 3.67. The molecule has 2 heterocycles. The number of amides is 1. The van der Waals surface area contributed by atoms with Crippen molar-refractivity contribution in [2.24, 2.45) is 0 Å². The molecule has 0 atom stereocenters. The molecule has 1 aromatic heterocycles. The zero-order chi connectivity index (χ0) is 17.1. The number of benzene rings is 1. The lowest BCUT2D eigenvalue weighted by molar-refractivity contribution is 0.0772. The molecule has 5 heteroatoms. The highest BCUT2D eigenvalue weighted by molar-refractivity contribution is 5.98. The van der Waals surface area contributed by atoms with Crippen LogP contribution in [0.1, 0.15) is 33.5 Å². The van der Waals surface area contributed by atoms with Gasteiger partial charge < -0.3 is 14.4 Å². The summed E-state index contributed by atoms with van der Waals surface area (Å²) < 4.78 is 2.09. The van der Waals surface area contributed by atoms with E-state index in [0.29, 0.717) is 0 Å². The van der Waals surface area contributed by atoms with E-state index in [4.69, 9.17) is 0 Å². The van der Waals surface area contributed by atoms with Crippen molar-refractivity contribution in [2.45, 2.75) is 33.4 Å². The van der Waals surface area contributed by atoms with Crippen molar-refractivity contribution < 1.29 is 4.79 Å². The fraction of sp³-hybridized carbons (Fsp3) is 0.474. The van der Waals surface area contributed by atoms with Crippen molar-refractivity contribution in [1.82, 2.24) is 19.4 Å². The van der Waals surface area contributed by atoms with E-state index in [2.05, 4.69) is 41.4 Å². The number of rotatable bonds is 7. The molecule has 0 saturated carbocycles. The maximum atomic E-state index is 12.5. The van der Waals surface area contributed by atoms with Crippen molar-refractivity contribution in [2.75, 3.05) is 26.7 Å². The highest BCUT2D eigenvalue weighted by Gasteiger charge is 2.27. The summed E-state index contributed by atoms with van der Waals surface area (Å²) in [7, 11) is 2.13. The van der Waals surface area contributed by atoms with E-state index < -0.39 is 0 Å². The quantitative estimate of drug-likeness (QED) is 0.785. The highest BCUT2D eigenvalue weighted by Crippen LogP contribution is 2.25. The topological polar surface area (TPSA) is 41.4 Å². The minimum absolute atomic E-state index is 0.189. The van der Waals surface area contributed by atoms with Gasteiger partial charge in [-0.05, 0) is 56.6 Å². The van der Waals surface area contributed by atoms with Crippen LogP contribution in [0, 0.1) is 13.8 Å². The van der Waals surface area contributed by atoms with E-state index >= 15 is 0 Å². The number of aromatic nitrogens is 2. The number of imidazole rings is 1. The van der Waals surface area contributed by atoms with E-state index in [-0.39, 0.29) is 5.91 Å². The van der Waals surface area contributed by atoms with Crippen LogP contribution < -0.4 is 0 Å². The Morgan fingerprint density at radius 3 is 2.71 bits per heavy atom. The van der Waals surface area contributed by atoms with E-state index in [0.717, 1.165) is 44.7 Å². The number of nitrogens with zero attached hydrogens (tertiary/aromatic N) is 4. The van der Waals surface area contributed by atoms with Crippen LogP contribution in [0.5, 0.6) is 0 Å². The molecule has 0 fully saturated rings. The van der Waals surface area contributed by atoms with Crippen molar-refractivity contribution >= 4 is 5.91 Å². The van der Waals surface area contributed by atoms with Crippen LogP contribution in [-0.4, -0.2) is 51.9 Å². The Kier molecular flexibility index (Phi) is 5.00. The summed E-state index contributed by atoms with van der Waals surface area (Å²) in [5.41, 5.74) is 4.54. The second-order valence-corrected chi connectivity index (χ2v) is 6.78. The number of fused-ring (bicyclic) bond motifs is 1. The van der Waals surface area contributed by atoms with Gasteiger partial charge >= 0.3 is 0 Å². The largest absolute Gasteiger partial charge is 0.336 e. The monoisotopic (exact) mass is 326 g/mol. The molecule has 2 aromatic rings. The van der Waals surface area contributed by atoms with Gasteiger partial charge in [-0.3, -0.25) is 4.79 Å². The number of carbonyl (C=O) groups is 1. The first-order valence-electron chi connectivity index (χ1n) is 8.58. The molecule has 0 bridgehead atoms. The maximum absolute atomic E-state index is 12.5. The number of aryl methyl sites for hydroxylation is 2. The summed E-state index contributed by atoms with van der Waals surface area (Å²) in [5.74, 6) is 0.189. The molecule has 0 saturated heterocycles. The molecule has 1 amide bonds.